The molecule has 0 saturated carbocycles. The zero-order valence-corrected chi connectivity index (χ0v) is 7.41. The van der Waals surface area contributed by atoms with E-state index in [0.29, 0.717) is 0 Å². The fourth-order valence-corrected chi connectivity index (χ4v) is 1.87. The quantitative estimate of drug-likeness (QED) is 0.694. The van der Waals surface area contributed by atoms with E-state index in [2.05, 4.69) is 15.9 Å². The van der Waals surface area contributed by atoms with Gasteiger partial charge in [0.2, 0.25) is 6.29 Å². The van der Waals surface area contributed by atoms with Crippen molar-refractivity contribution in [3.05, 3.63) is 26.9 Å². The Labute approximate surface area is 71.5 Å². The van der Waals surface area contributed by atoms with E-state index >= 15 is 0 Å². The van der Waals surface area contributed by atoms with Crippen molar-refractivity contribution < 1.29 is 4.79 Å². The van der Waals surface area contributed by atoms with Gasteiger partial charge in [-0.15, -0.1) is 11.3 Å². The monoisotopic (exact) mass is 215 g/mol. The normalized spacial score (nSPS) is 10.5. The van der Waals surface area contributed by atoms with Crippen molar-refractivity contribution in [2.45, 2.75) is 0 Å². The molecule has 0 fully saturated rings. The highest BCUT2D eigenvalue weighted by Gasteiger charge is 1.90. The third-order valence-corrected chi connectivity index (χ3v) is 2.56. The molecule has 1 nitrogen and oxygen atoms in total. The lowest BCUT2D eigenvalue weighted by Crippen LogP contribution is -1.58. The minimum absolute atomic E-state index is 1.04. The Morgan fingerprint density at radius 2 is 2.50 bits per heavy atom. The number of carbonyl (C=O) groups excluding carboxylic acids is 1. The lowest BCUT2D eigenvalue weighted by molar-refractivity contribution is 0.564. The molecule has 0 spiro atoms. The summed E-state index contributed by atoms with van der Waals surface area (Å²) in [5.41, 5.74) is 0. The molecule has 0 N–H and O–H groups in total. The van der Waals surface area contributed by atoms with Gasteiger partial charge in [0.1, 0.15) is 0 Å². The maximum Gasteiger partial charge on any atom is 0.225 e. The molecule has 51 valence electrons. The number of thiophene rings is 1. The van der Waals surface area contributed by atoms with Crippen molar-refractivity contribution in [2.75, 3.05) is 0 Å². The SMILES string of the molecule is O=[C]C=Cc1cc(Br)cs1. The first-order chi connectivity index (χ1) is 4.83. The van der Waals surface area contributed by atoms with E-state index < -0.39 is 0 Å². The molecule has 10 heavy (non-hydrogen) atoms. The van der Waals surface area contributed by atoms with Gasteiger partial charge in [-0.05, 0) is 34.1 Å². The zero-order chi connectivity index (χ0) is 7.40. The predicted molar refractivity (Wildman–Crippen MR) is 46.7 cm³/mol. The summed E-state index contributed by atoms with van der Waals surface area (Å²) in [7, 11) is 0. The van der Waals surface area contributed by atoms with Gasteiger partial charge in [0, 0.05) is 14.7 Å². The van der Waals surface area contributed by atoms with Gasteiger partial charge >= 0.3 is 0 Å². The van der Waals surface area contributed by atoms with Gasteiger partial charge in [0.25, 0.3) is 0 Å². The van der Waals surface area contributed by atoms with E-state index in [-0.39, 0.29) is 0 Å². The standard InChI is InChI=1S/C7H4BrOS/c8-6-4-7(10-5-6)2-1-3-9/h1-2,4-5H. The Hall–Kier alpha value is -0.410. The first kappa shape index (κ1) is 7.69. The van der Waals surface area contributed by atoms with Crippen LogP contribution in [-0.4, -0.2) is 6.29 Å². The van der Waals surface area contributed by atoms with Crippen LogP contribution in [0.25, 0.3) is 6.08 Å². The number of allylic oxidation sites excluding steroid dienone is 1. The van der Waals surface area contributed by atoms with Gasteiger partial charge < -0.3 is 0 Å². The third kappa shape index (κ3) is 2.08. The molecule has 0 saturated heterocycles. The van der Waals surface area contributed by atoms with Gasteiger partial charge in [0.15, 0.2) is 0 Å². The van der Waals surface area contributed by atoms with Crippen LogP contribution in [0.15, 0.2) is 22.0 Å². The summed E-state index contributed by atoms with van der Waals surface area (Å²) in [4.78, 5) is 10.8. The Morgan fingerprint density at radius 3 is 3.00 bits per heavy atom. The van der Waals surface area contributed by atoms with Gasteiger partial charge in [-0.1, -0.05) is 0 Å². The average molecular weight is 216 g/mol. The molecule has 0 aliphatic heterocycles. The van der Waals surface area contributed by atoms with Crippen LogP contribution in [0.3, 0.4) is 0 Å². The molecule has 0 atom stereocenters. The Kier molecular flexibility index (Phi) is 2.83. The molecule has 0 unspecified atom stereocenters. The van der Waals surface area contributed by atoms with E-state index in [0.717, 1.165) is 9.35 Å². The molecule has 0 aliphatic rings. The maximum atomic E-state index is 9.77. The second-order valence-electron chi connectivity index (χ2n) is 1.62. The van der Waals surface area contributed by atoms with Crippen LogP contribution in [0.5, 0.6) is 0 Å². The molecular formula is C7H4BrOS. The van der Waals surface area contributed by atoms with Crippen molar-refractivity contribution in [3.8, 4) is 0 Å². The Morgan fingerprint density at radius 1 is 1.70 bits per heavy atom. The van der Waals surface area contributed by atoms with Crippen molar-refractivity contribution in [1.29, 1.82) is 0 Å². The zero-order valence-electron chi connectivity index (χ0n) is 5.00. The van der Waals surface area contributed by atoms with Gasteiger partial charge in [0.05, 0.1) is 0 Å². The number of rotatable bonds is 2. The van der Waals surface area contributed by atoms with E-state index in [1.165, 1.54) is 6.08 Å². The molecule has 0 bridgehead atoms. The largest absolute Gasteiger partial charge is 0.286 e. The Balaban J connectivity index is 2.75. The summed E-state index contributed by atoms with van der Waals surface area (Å²) >= 11 is 4.88. The predicted octanol–water partition coefficient (Wildman–Crippen LogP) is 2.63. The summed E-state index contributed by atoms with van der Waals surface area (Å²) in [6, 6.07) is 1.94. The second kappa shape index (κ2) is 3.68. The van der Waals surface area contributed by atoms with Crippen LogP contribution >= 0.6 is 27.3 Å². The van der Waals surface area contributed by atoms with Gasteiger partial charge in [-0.25, -0.2) is 0 Å². The molecule has 1 aromatic heterocycles. The minimum Gasteiger partial charge on any atom is -0.286 e. The highest BCUT2D eigenvalue weighted by molar-refractivity contribution is 9.10. The Bertz CT molecular complexity index is 252. The summed E-state index contributed by atoms with van der Waals surface area (Å²) in [6.45, 7) is 0. The summed E-state index contributed by atoms with van der Waals surface area (Å²) in [6.07, 6.45) is 4.77. The molecule has 0 amide bonds. The van der Waals surface area contributed by atoms with Crippen LogP contribution in [0.2, 0.25) is 0 Å². The maximum absolute atomic E-state index is 9.77. The number of hydrogen-bond acceptors (Lipinski definition) is 2. The van der Waals surface area contributed by atoms with E-state index in [9.17, 15) is 4.79 Å². The topological polar surface area (TPSA) is 17.1 Å². The van der Waals surface area contributed by atoms with Crippen LogP contribution < -0.4 is 0 Å². The average Bonchev–Trinajstić information content (AvgIpc) is 2.31. The van der Waals surface area contributed by atoms with Crippen molar-refractivity contribution in [1.82, 2.24) is 0 Å². The van der Waals surface area contributed by atoms with E-state index in [4.69, 9.17) is 0 Å². The van der Waals surface area contributed by atoms with Gasteiger partial charge in [-0.3, -0.25) is 4.79 Å². The smallest absolute Gasteiger partial charge is 0.225 e. The van der Waals surface area contributed by atoms with E-state index in [1.807, 2.05) is 11.4 Å². The lowest BCUT2D eigenvalue weighted by Gasteiger charge is -1.75. The molecule has 1 heterocycles. The molecule has 1 aromatic rings. The van der Waals surface area contributed by atoms with Crippen molar-refractivity contribution in [2.24, 2.45) is 0 Å². The first-order valence-corrected chi connectivity index (χ1v) is 4.28. The third-order valence-electron chi connectivity index (χ3n) is 0.903. The fourth-order valence-electron chi connectivity index (χ4n) is 0.532. The van der Waals surface area contributed by atoms with Crippen LogP contribution in [0, 0.1) is 0 Å². The summed E-state index contributed by atoms with van der Waals surface area (Å²) in [5, 5.41) is 1.96. The molecule has 1 radical (unpaired) electrons. The molecule has 0 aromatic carbocycles. The van der Waals surface area contributed by atoms with Crippen LogP contribution in [0.4, 0.5) is 0 Å². The van der Waals surface area contributed by atoms with Crippen molar-refractivity contribution >= 4 is 39.6 Å². The van der Waals surface area contributed by atoms with Crippen LogP contribution in [-0.2, 0) is 4.79 Å². The summed E-state index contributed by atoms with van der Waals surface area (Å²) < 4.78 is 1.04. The molecule has 0 aliphatic carbocycles. The minimum atomic E-state index is 1.04. The molecule has 1 rings (SSSR count). The first-order valence-electron chi connectivity index (χ1n) is 2.61. The number of halogens is 1. The number of hydrogen-bond donors (Lipinski definition) is 0. The summed E-state index contributed by atoms with van der Waals surface area (Å²) in [5.74, 6) is 0. The van der Waals surface area contributed by atoms with Crippen molar-refractivity contribution in [3.63, 3.8) is 0 Å². The highest BCUT2D eigenvalue weighted by atomic mass is 79.9. The molecule has 3 heteroatoms. The fraction of sp³-hybridized carbons (Fsp3) is 0. The second-order valence-corrected chi connectivity index (χ2v) is 3.48. The van der Waals surface area contributed by atoms with Crippen LogP contribution in [0.1, 0.15) is 4.88 Å². The lowest BCUT2D eigenvalue weighted by atomic mass is 10.4. The van der Waals surface area contributed by atoms with Gasteiger partial charge in [-0.2, -0.15) is 0 Å². The van der Waals surface area contributed by atoms with E-state index in [1.54, 1.807) is 23.7 Å². The molecular weight excluding hydrogens is 212 g/mol. The highest BCUT2D eigenvalue weighted by Crippen LogP contribution is 2.20.